The zero-order chi connectivity index (χ0) is 15.6. The Morgan fingerprint density at radius 2 is 1.81 bits per heavy atom. The van der Waals surface area contributed by atoms with Crippen molar-refractivity contribution >= 4 is 43.0 Å². The number of hydrogen-bond donors (Lipinski definition) is 2. The maximum absolute atomic E-state index is 12.4. The minimum atomic E-state index is -3.69. The number of rotatable bonds is 4. The molecule has 0 heterocycles. The molecule has 0 aliphatic carbocycles. The summed E-state index contributed by atoms with van der Waals surface area (Å²) in [6.07, 6.45) is 0. The summed E-state index contributed by atoms with van der Waals surface area (Å²) >= 11 is 3.25. The Bertz CT molecular complexity index is 761. The lowest BCUT2D eigenvalue weighted by molar-refractivity contribution is 0.601. The molecule has 0 aliphatic rings. The van der Waals surface area contributed by atoms with Crippen molar-refractivity contribution in [3.8, 4) is 0 Å². The largest absolute Gasteiger partial charge is 0.398 e. The second-order valence-electron chi connectivity index (χ2n) is 4.70. The van der Waals surface area contributed by atoms with Gasteiger partial charge in [-0.15, -0.1) is 0 Å². The number of halogens is 1. The van der Waals surface area contributed by atoms with Crippen molar-refractivity contribution in [2.45, 2.75) is 4.90 Å². The van der Waals surface area contributed by atoms with Crippen molar-refractivity contribution in [1.29, 1.82) is 0 Å². The number of hydrogen-bond acceptors (Lipinski definition) is 4. The van der Waals surface area contributed by atoms with E-state index in [1.165, 1.54) is 12.1 Å². The van der Waals surface area contributed by atoms with Crippen LogP contribution < -0.4 is 15.4 Å². The lowest BCUT2D eigenvalue weighted by Gasteiger charge is -2.18. The van der Waals surface area contributed by atoms with Crippen molar-refractivity contribution in [2.75, 3.05) is 29.5 Å². The van der Waals surface area contributed by atoms with Crippen molar-refractivity contribution in [3.63, 3.8) is 0 Å². The van der Waals surface area contributed by atoms with Gasteiger partial charge in [-0.1, -0.05) is 12.1 Å². The van der Waals surface area contributed by atoms with Crippen molar-refractivity contribution in [3.05, 3.63) is 46.9 Å². The topological polar surface area (TPSA) is 75.4 Å². The highest BCUT2D eigenvalue weighted by molar-refractivity contribution is 9.10. The van der Waals surface area contributed by atoms with E-state index in [1.807, 2.05) is 31.1 Å². The van der Waals surface area contributed by atoms with Crippen molar-refractivity contribution < 1.29 is 8.42 Å². The first-order valence-electron chi connectivity index (χ1n) is 6.15. The summed E-state index contributed by atoms with van der Waals surface area (Å²) in [6, 6.07) is 11.7. The molecule has 112 valence electrons. The maximum atomic E-state index is 12.4. The van der Waals surface area contributed by atoms with Crippen LogP contribution in [0.4, 0.5) is 17.1 Å². The predicted octanol–water partition coefficient (Wildman–Crippen LogP) is 2.90. The molecule has 0 aliphatic heterocycles. The molecule has 0 spiro atoms. The molecule has 21 heavy (non-hydrogen) atoms. The van der Waals surface area contributed by atoms with E-state index in [1.54, 1.807) is 18.2 Å². The lowest BCUT2D eigenvalue weighted by atomic mass is 10.2. The number of nitrogens with two attached hydrogens (primary N) is 1. The first-order chi connectivity index (χ1) is 9.81. The highest BCUT2D eigenvalue weighted by Gasteiger charge is 2.17. The quantitative estimate of drug-likeness (QED) is 0.812. The molecule has 3 N–H and O–H groups in total. The van der Waals surface area contributed by atoms with E-state index in [9.17, 15) is 8.42 Å². The fraction of sp³-hybridized carbons (Fsp3) is 0.143. The van der Waals surface area contributed by atoms with Gasteiger partial charge < -0.3 is 10.6 Å². The molecule has 0 unspecified atom stereocenters. The molecular weight excluding hydrogens is 354 g/mol. The van der Waals surface area contributed by atoms with Crippen LogP contribution in [0, 0.1) is 0 Å². The molecule has 5 nitrogen and oxygen atoms in total. The van der Waals surface area contributed by atoms with Gasteiger partial charge in [0, 0.05) is 24.3 Å². The summed E-state index contributed by atoms with van der Waals surface area (Å²) in [6.45, 7) is 0. The normalized spacial score (nSPS) is 11.2. The van der Waals surface area contributed by atoms with Crippen LogP contribution in [-0.2, 0) is 10.0 Å². The third-order valence-electron chi connectivity index (χ3n) is 2.91. The number of nitrogens with zero attached hydrogens (tertiary/aromatic N) is 1. The van der Waals surface area contributed by atoms with Gasteiger partial charge in [0.1, 0.15) is 0 Å². The van der Waals surface area contributed by atoms with Crippen LogP contribution in [0.25, 0.3) is 0 Å². The summed E-state index contributed by atoms with van der Waals surface area (Å²) in [4.78, 5) is 1.96. The summed E-state index contributed by atoms with van der Waals surface area (Å²) in [5, 5.41) is 0. The number of benzene rings is 2. The van der Waals surface area contributed by atoms with Crippen LogP contribution >= 0.6 is 15.9 Å². The van der Waals surface area contributed by atoms with Crippen LogP contribution in [0.1, 0.15) is 0 Å². The van der Waals surface area contributed by atoms with E-state index in [0.717, 1.165) is 5.69 Å². The van der Waals surface area contributed by atoms with Crippen molar-refractivity contribution in [1.82, 2.24) is 0 Å². The molecule has 0 saturated carbocycles. The molecule has 2 aromatic carbocycles. The Kier molecular flexibility index (Phi) is 4.43. The molecule has 2 aromatic rings. The Labute approximate surface area is 132 Å². The summed E-state index contributed by atoms with van der Waals surface area (Å²) in [5.41, 5.74) is 7.42. The zero-order valence-corrected chi connectivity index (χ0v) is 14.1. The van der Waals surface area contributed by atoms with Gasteiger partial charge in [-0.25, -0.2) is 8.42 Å². The molecule has 0 aromatic heterocycles. The first-order valence-corrected chi connectivity index (χ1v) is 8.43. The van der Waals surface area contributed by atoms with E-state index in [2.05, 4.69) is 20.7 Å². The average molecular weight is 370 g/mol. The lowest BCUT2D eigenvalue weighted by Crippen LogP contribution is -2.17. The highest BCUT2D eigenvalue weighted by Crippen LogP contribution is 2.28. The van der Waals surface area contributed by atoms with Crippen LogP contribution in [-0.4, -0.2) is 22.5 Å². The Hall–Kier alpha value is -1.73. The molecule has 7 heteroatoms. The number of para-hydroxylation sites is 2. The number of anilines is 3. The maximum Gasteiger partial charge on any atom is 0.262 e. The van der Waals surface area contributed by atoms with Gasteiger partial charge in [0.05, 0.1) is 16.3 Å². The van der Waals surface area contributed by atoms with Gasteiger partial charge in [-0.3, -0.25) is 4.72 Å². The first kappa shape index (κ1) is 15.7. The Morgan fingerprint density at radius 1 is 1.14 bits per heavy atom. The fourth-order valence-corrected chi connectivity index (χ4v) is 3.20. The second kappa shape index (κ2) is 5.95. The van der Waals surface area contributed by atoms with Gasteiger partial charge in [-0.05, 0) is 46.3 Å². The van der Waals surface area contributed by atoms with Gasteiger partial charge >= 0.3 is 0 Å². The predicted molar refractivity (Wildman–Crippen MR) is 90.1 cm³/mol. The van der Waals surface area contributed by atoms with Crippen LogP contribution in [0.15, 0.2) is 51.8 Å². The number of sulfonamides is 1. The van der Waals surface area contributed by atoms with E-state index in [0.29, 0.717) is 15.8 Å². The molecule has 0 bridgehead atoms. The van der Waals surface area contributed by atoms with Gasteiger partial charge in [0.15, 0.2) is 0 Å². The summed E-state index contributed by atoms with van der Waals surface area (Å²) in [5.74, 6) is 0. The van der Waals surface area contributed by atoms with Crippen molar-refractivity contribution in [2.24, 2.45) is 0 Å². The van der Waals surface area contributed by atoms with E-state index in [-0.39, 0.29) is 4.90 Å². The van der Waals surface area contributed by atoms with Gasteiger partial charge in [0.25, 0.3) is 10.0 Å². The molecule has 0 saturated heterocycles. The summed E-state index contributed by atoms with van der Waals surface area (Å²) in [7, 11) is 0.0178. The fourth-order valence-electron chi connectivity index (χ4n) is 1.84. The van der Waals surface area contributed by atoms with Gasteiger partial charge in [-0.2, -0.15) is 0 Å². The smallest absolute Gasteiger partial charge is 0.262 e. The minimum Gasteiger partial charge on any atom is -0.398 e. The number of nitrogens with one attached hydrogen (secondary N) is 1. The monoisotopic (exact) mass is 369 g/mol. The molecule has 0 atom stereocenters. The molecule has 2 rings (SSSR count). The van der Waals surface area contributed by atoms with Crippen LogP contribution in [0.2, 0.25) is 0 Å². The highest BCUT2D eigenvalue weighted by atomic mass is 79.9. The molecular formula is C14H16BrN3O2S. The third-order valence-corrected chi connectivity index (χ3v) is 4.99. The van der Waals surface area contributed by atoms with E-state index in [4.69, 9.17) is 5.73 Å². The van der Waals surface area contributed by atoms with E-state index < -0.39 is 10.0 Å². The Morgan fingerprint density at radius 3 is 2.43 bits per heavy atom. The van der Waals surface area contributed by atoms with E-state index >= 15 is 0 Å². The summed E-state index contributed by atoms with van der Waals surface area (Å²) < 4.78 is 28.1. The molecule has 0 fully saturated rings. The number of nitrogen functional groups attached to an aromatic ring is 1. The second-order valence-corrected chi connectivity index (χ2v) is 7.24. The Balaban J connectivity index is 2.40. The minimum absolute atomic E-state index is 0.122. The SMILES string of the molecule is CN(C)c1ccccc1NS(=O)(=O)c1ccc(Br)c(N)c1. The molecule has 0 radical (unpaired) electrons. The standard InChI is InChI=1S/C14H16BrN3O2S/c1-18(2)14-6-4-3-5-13(14)17-21(19,20)10-7-8-11(15)12(16)9-10/h3-9,17H,16H2,1-2H3. The molecule has 0 amide bonds. The average Bonchev–Trinajstić information content (AvgIpc) is 2.41. The third kappa shape index (κ3) is 3.48. The van der Waals surface area contributed by atoms with Crippen LogP contribution in [0.5, 0.6) is 0 Å². The van der Waals surface area contributed by atoms with Gasteiger partial charge in [0.2, 0.25) is 0 Å². The van der Waals surface area contributed by atoms with Crippen LogP contribution in [0.3, 0.4) is 0 Å². The zero-order valence-electron chi connectivity index (χ0n) is 11.7.